The lowest BCUT2D eigenvalue weighted by Crippen LogP contribution is -2.13. The Hall–Kier alpha value is -3.15. The summed E-state index contributed by atoms with van der Waals surface area (Å²) >= 11 is 1.34. The van der Waals surface area contributed by atoms with Crippen LogP contribution in [0.4, 0.5) is 5.69 Å². The van der Waals surface area contributed by atoms with E-state index >= 15 is 0 Å². The first-order valence-corrected chi connectivity index (χ1v) is 10.5. The van der Waals surface area contributed by atoms with Crippen LogP contribution in [0.25, 0.3) is 16.3 Å². The maximum atomic E-state index is 11.3. The molecule has 3 N–H and O–H groups in total. The average Bonchev–Trinajstić information content (AvgIpc) is 3.09. The Labute approximate surface area is 164 Å². The quantitative estimate of drug-likeness (QED) is 0.491. The highest BCUT2D eigenvalue weighted by atomic mass is 32.2. The zero-order chi connectivity index (χ0) is 19.7. The highest BCUT2D eigenvalue weighted by molar-refractivity contribution is 7.89. The van der Waals surface area contributed by atoms with Gasteiger partial charge in [0.2, 0.25) is 15.0 Å². The molecule has 2 heterocycles. The highest BCUT2D eigenvalue weighted by Crippen LogP contribution is 2.17. The largest absolute Gasteiger partial charge is 0.277 e. The van der Waals surface area contributed by atoms with Gasteiger partial charge in [-0.15, -0.1) is 10.2 Å². The van der Waals surface area contributed by atoms with Crippen molar-refractivity contribution in [1.29, 1.82) is 0 Å². The molecule has 0 bridgehead atoms. The summed E-state index contributed by atoms with van der Waals surface area (Å²) in [4.78, 5) is 0.645. The Morgan fingerprint density at radius 2 is 1.79 bits per heavy atom. The number of fused-ring (bicyclic) bond motifs is 1. The Morgan fingerprint density at radius 1 is 1.07 bits per heavy atom. The van der Waals surface area contributed by atoms with E-state index in [4.69, 9.17) is 5.14 Å². The van der Waals surface area contributed by atoms with Crippen LogP contribution < -0.4 is 15.2 Å². The molecule has 0 saturated carbocycles. The number of benzene rings is 2. The van der Waals surface area contributed by atoms with Gasteiger partial charge in [-0.2, -0.15) is 14.7 Å². The molecule has 0 aliphatic heterocycles. The molecule has 0 unspecified atom stereocenters. The second-order valence-electron chi connectivity index (χ2n) is 5.87. The number of nitrogens with two attached hydrogens (primary N) is 1. The summed E-state index contributed by atoms with van der Waals surface area (Å²) in [6.07, 6.45) is 0. The summed E-state index contributed by atoms with van der Waals surface area (Å²) in [5, 5.41) is 22.4. The van der Waals surface area contributed by atoms with Gasteiger partial charge < -0.3 is 0 Å². The van der Waals surface area contributed by atoms with E-state index in [2.05, 4.69) is 25.8 Å². The molecule has 4 rings (SSSR count). The summed E-state index contributed by atoms with van der Waals surface area (Å²) in [6, 6.07) is 15.7. The fourth-order valence-corrected chi connectivity index (χ4v) is 3.74. The van der Waals surface area contributed by atoms with Gasteiger partial charge in [0.15, 0.2) is 10.5 Å². The van der Waals surface area contributed by atoms with Crippen molar-refractivity contribution in [3.05, 3.63) is 65.0 Å². The molecule has 0 fully saturated rings. The number of nitrogens with zero attached hydrogens (tertiary/aromatic N) is 5. The molecule has 0 aliphatic rings. The van der Waals surface area contributed by atoms with Gasteiger partial charge in [-0.05, 0) is 31.2 Å². The van der Waals surface area contributed by atoms with Crippen molar-refractivity contribution in [3.63, 3.8) is 0 Å². The zero-order valence-corrected chi connectivity index (χ0v) is 16.3. The Kier molecular flexibility index (Phi) is 4.63. The van der Waals surface area contributed by atoms with Crippen molar-refractivity contribution in [3.8, 4) is 11.4 Å². The van der Waals surface area contributed by atoms with Crippen molar-refractivity contribution >= 4 is 32.0 Å². The number of nitrogens with one attached hydrogen (secondary N) is 1. The number of sulfonamides is 1. The summed E-state index contributed by atoms with van der Waals surface area (Å²) in [6.45, 7) is 1.84. The number of primary sulfonamides is 1. The van der Waals surface area contributed by atoms with E-state index in [1.54, 1.807) is 16.6 Å². The minimum atomic E-state index is -3.72. The van der Waals surface area contributed by atoms with Gasteiger partial charge in [-0.3, -0.25) is 5.43 Å². The molecule has 0 radical (unpaired) electrons. The minimum absolute atomic E-state index is 0.0389. The van der Waals surface area contributed by atoms with E-state index in [1.807, 2.05) is 37.3 Å². The maximum Gasteiger partial charge on any atom is 0.238 e. The summed E-state index contributed by atoms with van der Waals surface area (Å²) in [5.41, 5.74) is 5.12. The van der Waals surface area contributed by atoms with Gasteiger partial charge in [-0.25, -0.2) is 13.6 Å². The third kappa shape index (κ3) is 3.63. The third-order valence-corrected chi connectivity index (χ3v) is 5.81. The first kappa shape index (κ1) is 18.2. The molecule has 0 spiro atoms. The van der Waals surface area contributed by atoms with E-state index in [-0.39, 0.29) is 4.90 Å². The molecule has 4 aromatic rings. The third-order valence-electron chi connectivity index (χ3n) is 3.86. The van der Waals surface area contributed by atoms with Gasteiger partial charge in [0.05, 0.1) is 16.3 Å². The first-order valence-electron chi connectivity index (χ1n) is 8.13. The zero-order valence-electron chi connectivity index (χ0n) is 14.6. The van der Waals surface area contributed by atoms with Crippen LogP contribution in [0.2, 0.25) is 0 Å². The predicted octanol–water partition coefficient (Wildman–Crippen LogP) is 1.74. The van der Waals surface area contributed by atoms with Crippen molar-refractivity contribution in [1.82, 2.24) is 19.8 Å². The van der Waals surface area contributed by atoms with E-state index in [1.165, 1.54) is 23.5 Å². The number of anilines is 1. The first-order chi connectivity index (χ1) is 13.4. The van der Waals surface area contributed by atoms with Crippen LogP contribution in [0.1, 0.15) is 5.69 Å². The standard InChI is InChI=1S/C17H15N7O2S2/c1-11-16(21-19-13-7-9-14(10-8-13)28(18,25)26)27-17-22-20-15(24(17)23-11)12-5-3-2-4-6-12/h2-10,19H,1H3,(H2,18,25,26)/b21-16+. The number of hydrogen-bond acceptors (Lipinski definition) is 8. The average molecular weight is 413 g/mol. The summed E-state index contributed by atoms with van der Waals surface area (Å²) in [5.74, 6) is 0.660. The Bertz CT molecular complexity index is 1310. The molecule has 142 valence electrons. The molecular weight excluding hydrogens is 398 g/mol. The summed E-state index contributed by atoms with van der Waals surface area (Å²) in [7, 11) is -3.72. The number of hydrogen-bond donors (Lipinski definition) is 2. The lowest BCUT2D eigenvalue weighted by atomic mass is 10.2. The van der Waals surface area contributed by atoms with E-state index in [9.17, 15) is 8.42 Å². The number of rotatable bonds is 4. The molecule has 0 amide bonds. The molecule has 2 aromatic heterocycles. The molecule has 0 atom stereocenters. The molecule has 9 nitrogen and oxygen atoms in total. The molecular formula is C17H15N7O2S2. The van der Waals surface area contributed by atoms with E-state index in [0.29, 0.717) is 26.8 Å². The van der Waals surface area contributed by atoms with Gasteiger partial charge in [0.1, 0.15) is 0 Å². The van der Waals surface area contributed by atoms with Crippen LogP contribution in [0.3, 0.4) is 0 Å². The predicted molar refractivity (Wildman–Crippen MR) is 106 cm³/mol. The molecule has 28 heavy (non-hydrogen) atoms. The molecule has 2 aromatic carbocycles. The van der Waals surface area contributed by atoms with E-state index < -0.39 is 10.0 Å². The van der Waals surface area contributed by atoms with Crippen LogP contribution >= 0.6 is 11.3 Å². The second kappa shape index (κ2) is 7.11. The van der Waals surface area contributed by atoms with Crippen LogP contribution in [0.5, 0.6) is 0 Å². The van der Waals surface area contributed by atoms with Crippen LogP contribution in [0.15, 0.2) is 64.6 Å². The lowest BCUT2D eigenvalue weighted by Gasteiger charge is -2.03. The fraction of sp³-hybridized carbons (Fsp3) is 0.0588. The normalized spacial score (nSPS) is 12.4. The van der Waals surface area contributed by atoms with Gasteiger partial charge in [-0.1, -0.05) is 41.7 Å². The van der Waals surface area contributed by atoms with Crippen molar-refractivity contribution in [2.24, 2.45) is 10.2 Å². The Balaban J connectivity index is 1.67. The minimum Gasteiger partial charge on any atom is -0.277 e. The molecule has 0 aliphatic carbocycles. The van der Waals surface area contributed by atoms with Gasteiger partial charge in [0.25, 0.3) is 0 Å². The highest BCUT2D eigenvalue weighted by Gasteiger charge is 2.11. The Morgan fingerprint density at radius 3 is 2.46 bits per heavy atom. The van der Waals surface area contributed by atoms with Crippen LogP contribution in [0, 0.1) is 6.92 Å². The van der Waals surface area contributed by atoms with Crippen molar-refractivity contribution in [2.75, 3.05) is 5.43 Å². The topological polar surface area (TPSA) is 128 Å². The van der Waals surface area contributed by atoms with E-state index in [0.717, 1.165) is 5.56 Å². The van der Waals surface area contributed by atoms with Gasteiger partial charge >= 0.3 is 0 Å². The summed E-state index contributed by atoms with van der Waals surface area (Å²) < 4.78 is 24.9. The molecule has 0 saturated heterocycles. The van der Waals surface area contributed by atoms with Crippen molar-refractivity contribution in [2.45, 2.75) is 11.8 Å². The lowest BCUT2D eigenvalue weighted by molar-refractivity contribution is 0.598. The maximum absolute atomic E-state index is 11.3. The fourth-order valence-electron chi connectivity index (χ4n) is 2.48. The number of aryl methyl sites for hydroxylation is 1. The van der Waals surface area contributed by atoms with Crippen LogP contribution in [-0.4, -0.2) is 28.2 Å². The second-order valence-corrected chi connectivity index (χ2v) is 8.39. The van der Waals surface area contributed by atoms with Gasteiger partial charge in [0, 0.05) is 5.56 Å². The van der Waals surface area contributed by atoms with Crippen LogP contribution in [-0.2, 0) is 10.0 Å². The number of aromatic nitrogens is 4. The smallest absolute Gasteiger partial charge is 0.238 e. The SMILES string of the molecule is Cc1nn2c(-c3ccccc3)nnc2s/c1=N/Nc1ccc(S(N)(=O)=O)cc1. The molecule has 11 heteroatoms. The monoisotopic (exact) mass is 413 g/mol. The van der Waals surface area contributed by atoms with Crippen molar-refractivity contribution < 1.29 is 8.42 Å².